The van der Waals surface area contributed by atoms with Crippen LogP contribution in [0.15, 0.2) is 31.6 Å². The molecule has 2 aromatic heterocycles. The van der Waals surface area contributed by atoms with Gasteiger partial charge in [0.05, 0.1) is 0 Å². The fourth-order valence-corrected chi connectivity index (χ4v) is 6.17. The summed E-state index contributed by atoms with van der Waals surface area (Å²) in [6.45, 7) is 2.17. The zero-order valence-electron chi connectivity index (χ0n) is 19.8. The van der Waals surface area contributed by atoms with Crippen LogP contribution < -0.4 is 22.5 Å². The number of nitrogens with one attached hydrogen (secondary N) is 2. The van der Waals surface area contributed by atoms with Crippen LogP contribution in [0.3, 0.4) is 0 Å². The zero-order chi connectivity index (χ0) is 27.1. The third-order valence-corrected chi connectivity index (χ3v) is 8.34. The average Bonchev–Trinajstić information content (AvgIpc) is 3.39. The van der Waals surface area contributed by atoms with Crippen molar-refractivity contribution >= 4 is 21.9 Å². The number of aliphatic hydroxyl groups is 2. The summed E-state index contributed by atoms with van der Waals surface area (Å²) in [7, 11) is 0. The molecule has 4 heterocycles. The maximum absolute atomic E-state index is 13.0. The van der Waals surface area contributed by atoms with Crippen LogP contribution >= 0.6 is 6.29 Å². The van der Waals surface area contributed by atoms with E-state index in [1.54, 1.807) is 0 Å². The van der Waals surface area contributed by atoms with E-state index in [0.29, 0.717) is 0 Å². The van der Waals surface area contributed by atoms with Crippen molar-refractivity contribution in [2.24, 2.45) is 0 Å². The first-order valence-corrected chi connectivity index (χ1v) is 15.0. The summed E-state index contributed by atoms with van der Waals surface area (Å²) < 4.78 is 37.6. The molecule has 1 radical (unpaired) electrons. The van der Waals surface area contributed by atoms with Crippen molar-refractivity contribution in [1.29, 1.82) is 0 Å². The zero-order valence-corrected chi connectivity index (χ0v) is 22.4. The van der Waals surface area contributed by atoms with Crippen molar-refractivity contribution < 1.29 is 33.3 Å². The van der Waals surface area contributed by atoms with Gasteiger partial charge in [0, 0.05) is 0 Å². The number of H-pyrrole nitrogens is 2. The van der Waals surface area contributed by atoms with Crippen LogP contribution in [0, 0.1) is 13.8 Å². The number of hydrogen-bond donors (Lipinski definition) is 4. The Morgan fingerprint density at radius 3 is 2.05 bits per heavy atom. The van der Waals surface area contributed by atoms with Gasteiger partial charge in [-0.15, -0.1) is 0 Å². The molecule has 4 N–H and O–H groups in total. The number of aryl methyl sites for hydroxylation is 2. The summed E-state index contributed by atoms with van der Waals surface area (Å²) in [6, 6.07) is 0. The molecule has 2 aromatic rings. The van der Waals surface area contributed by atoms with Crippen LogP contribution in [0.5, 0.6) is 0 Å². The second kappa shape index (κ2) is 10.9. The van der Waals surface area contributed by atoms with Crippen molar-refractivity contribution in [1.82, 2.24) is 19.1 Å². The topological polar surface area (TPSA) is 204 Å². The van der Waals surface area contributed by atoms with Crippen LogP contribution in [-0.4, -0.2) is 82.5 Å². The molecule has 2 saturated heterocycles. The van der Waals surface area contributed by atoms with E-state index in [9.17, 15) is 34.0 Å². The van der Waals surface area contributed by atoms with Crippen LogP contribution in [0.25, 0.3) is 0 Å². The first kappa shape index (κ1) is 27.9. The molecule has 0 amide bonds. The molecule has 4 rings (SSSR count). The minimum atomic E-state index is -3.90. The molecule has 0 saturated carbocycles. The fourth-order valence-electron chi connectivity index (χ4n) is 4.14. The van der Waals surface area contributed by atoms with Crippen molar-refractivity contribution in [2.75, 3.05) is 13.2 Å². The van der Waals surface area contributed by atoms with Gasteiger partial charge in [-0.25, -0.2) is 0 Å². The second-order valence-corrected chi connectivity index (χ2v) is 13.0. The van der Waals surface area contributed by atoms with E-state index in [1.165, 1.54) is 26.2 Å². The van der Waals surface area contributed by atoms with Gasteiger partial charge in [0.15, 0.2) is 0 Å². The van der Waals surface area contributed by atoms with Crippen LogP contribution in [-0.2, 0) is 23.1 Å². The SMILES string of the molecule is Cc1cn([C@H]2C[C@H](OP(=O)([Se])OC[C@H]3O[C@@H](n4cc(C)c(=O)[nH]c4=O)C[C@@H]3O)[C@@H](CO)O2)c(=O)[nH]c1=O. The first-order valence-electron chi connectivity index (χ1n) is 11.3. The molecule has 15 nitrogen and oxygen atoms in total. The fraction of sp³-hybridized carbons (Fsp3) is 0.600. The van der Waals surface area contributed by atoms with E-state index in [1.807, 2.05) is 0 Å². The van der Waals surface area contributed by atoms with Gasteiger partial charge in [-0.3, -0.25) is 0 Å². The molecule has 2 aliphatic rings. The van der Waals surface area contributed by atoms with Gasteiger partial charge in [-0.1, -0.05) is 0 Å². The molecule has 2 fully saturated rings. The monoisotopic (exact) mass is 609 g/mol. The molecule has 37 heavy (non-hydrogen) atoms. The number of hydrogen-bond acceptors (Lipinski definition) is 11. The standard InChI is InChI=1S/C20H26N4O11PSe/c1-9-5-23(19(29)21-17(9)27)15-3-11(26)14(34-15)8-32-36(31,37)35-12-4-16(33-13(12)7-25)24-6-10(2)18(28)22-20(24)30/h5-6,11-16,25-26H,3-4,7-8H2,1-2H3,(H,21,27,29)(H,22,28,30)/t11-,12-,13+,14+,15+,16+,36?/m0/s1. The van der Waals surface area contributed by atoms with Gasteiger partial charge < -0.3 is 0 Å². The molecule has 0 bridgehead atoms. The molecule has 203 valence electrons. The van der Waals surface area contributed by atoms with Gasteiger partial charge >= 0.3 is 216 Å². The Hall–Kier alpha value is -2.13. The summed E-state index contributed by atoms with van der Waals surface area (Å²) in [5, 5.41) is 20.1. The van der Waals surface area contributed by atoms with E-state index >= 15 is 0 Å². The maximum atomic E-state index is 13.0. The molecule has 0 spiro atoms. The quantitative estimate of drug-likeness (QED) is 0.197. The number of aromatic amines is 2. The van der Waals surface area contributed by atoms with Crippen LogP contribution in [0.4, 0.5) is 0 Å². The van der Waals surface area contributed by atoms with E-state index in [-0.39, 0.29) is 30.6 Å². The van der Waals surface area contributed by atoms with E-state index in [0.717, 1.165) is 9.13 Å². The van der Waals surface area contributed by atoms with Gasteiger partial charge in [0.25, 0.3) is 0 Å². The van der Waals surface area contributed by atoms with Gasteiger partial charge in [-0.2, -0.15) is 0 Å². The van der Waals surface area contributed by atoms with E-state index in [2.05, 4.69) is 25.5 Å². The summed E-state index contributed by atoms with van der Waals surface area (Å²) in [6.07, 6.45) is -6.90. The molecule has 7 atom stereocenters. The summed E-state index contributed by atoms with van der Waals surface area (Å²) in [5.74, 6) is 0. The molecular formula is C20H26N4O11PSe. The second-order valence-electron chi connectivity index (χ2n) is 8.82. The summed E-state index contributed by atoms with van der Waals surface area (Å²) in [5.41, 5.74) is -1.91. The molecule has 0 aliphatic carbocycles. The number of aliphatic hydroxyl groups excluding tert-OH is 2. The van der Waals surface area contributed by atoms with Crippen LogP contribution in [0.1, 0.15) is 36.4 Å². The molecular weight excluding hydrogens is 582 g/mol. The Balaban J connectivity index is 1.39. The van der Waals surface area contributed by atoms with Crippen molar-refractivity contribution in [3.8, 4) is 0 Å². The third-order valence-electron chi connectivity index (χ3n) is 6.14. The Bertz CT molecular complexity index is 1430. The third kappa shape index (κ3) is 6.14. The Morgan fingerprint density at radius 2 is 1.51 bits per heavy atom. The predicted octanol–water partition coefficient (Wildman–Crippen LogP) is -1.69. The van der Waals surface area contributed by atoms with Crippen molar-refractivity contribution in [3.63, 3.8) is 0 Å². The predicted molar refractivity (Wildman–Crippen MR) is 126 cm³/mol. The minimum absolute atomic E-state index is 0.0186. The molecule has 1 unspecified atom stereocenters. The van der Waals surface area contributed by atoms with Crippen molar-refractivity contribution in [3.05, 3.63) is 65.2 Å². The molecule has 0 aromatic carbocycles. The van der Waals surface area contributed by atoms with E-state index < -0.39 is 72.3 Å². The molecule has 2 aliphatic heterocycles. The number of ether oxygens (including phenoxy) is 2. The first-order chi connectivity index (χ1) is 17.4. The summed E-state index contributed by atoms with van der Waals surface area (Å²) >= 11 is 2.34. The van der Waals surface area contributed by atoms with Gasteiger partial charge in [0.2, 0.25) is 0 Å². The Labute approximate surface area is 216 Å². The normalized spacial score (nSPS) is 29.4. The average molecular weight is 608 g/mol. The van der Waals surface area contributed by atoms with Gasteiger partial charge in [-0.05, 0) is 0 Å². The van der Waals surface area contributed by atoms with Gasteiger partial charge in [0.1, 0.15) is 0 Å². The number of rotatable bonds is 8. The Morgan fingerprint density at radius 1 is 1.00 bits per heavy atom. The van der Waals surface area contributed by atoms with E-state index in [4.69, 9.17) is 18.5 Å². The summed E-state index contributed by atoms with van der Waals surface area (Å²) in [4.78, 5) is 51.9. The number of nitrogens with zero attached hydrogens (tertiary/aromatic N) is 2. The Kier molecular flexibility index (Phi) is 8.24. The number of aromatic nitrogens is 4. The van der Waals surface area contributed by atoms with Crippen molar-refractivity contribution in [2.45, 2.75) is 63.6 Å². The van der Waals surface area contributed by atoms with Crippen LogP contribution in [0.2, 0.25) is 0 Å². The molecule has 17 heteroatoms.